The van der Waals surface area contributed by atoms with E-state index < -0.39 is 10.2 Å². The van der Waals surface area contributed by atoms with Crippen molar-refractivity contribution >= 4 is 29.0 Å². The number of rotatable bonds is 11. The largest absolute Gasteiger partial charge is 0.483 e. The highest BCUT2D eigenvalue weighted by Crippen LogP contribution is 2.29. The normalized spacial score (nSPS) is 13.0. The van der Waals surface area contributed by atoms with E-state index in [-0.39, 0.29) is 17.7 Å². The van der Waals surface area contributed by atoms with Crippen LogP contribution in [0.2, 0.25) is 0 Å². The number of anilines is 1. The maximum atomic E-state index is 12.8. The number of nitro groups is 1. The number of carbonyl (C=O) groups excluding carboxylic acids is 1. The molecule has 1 heterocycles. The van der Waals surface area contributed by atoms with Crippen LogP contribution in [0.4, 0.5) is 11.4 Å². The van der Waals surface area contributed by atoms with Gasteiger partial charge in [0.15, 0.2) is 17.1 Å². The van der Waals surface area contributed by atoms with Gasteiger partial charge in [0.05, 0.1) is 10.2 Å². The molecule has 2 aromatic carbocycles. The third kappa shape index (κ3) is 7.07. The van der Waals surface area contributed by atoms with Crippen LogP contribution in [0, 0.1) is 16.0 Å². The molecule has 0 bridgehead atoms. The number of benzene rings is 2. The summed E-state index contributed by atoms with van der Waals surface area (Å²) in [6.07, 6.45) is -0.343. The first-order valence-electron chi connectivity index (χ1n) is 12.0. The molecule has 0 saturated heterocycles. The smallest absolute Gasteiger partial charge is 0.271 e. The number of nitrogens with zero attached hydrogens (tertiary/aromatic N) is 4. The number of nitro benzene ring substituents is 1. The monoisotopic (exact) mass is 511 g/mol. The van der Waals surface area contributed by atoms with E-state index in [4.69, 9.17) is 4.74 Å². The molecule has 2 atom stereocenters. The standard InChI is InChI=1S/C26H33N5O4S/c1-16(2)15-30-24(18(5)35-23-12-10-20(11-13-23)17(3)4)28-29-26(30)36-19(6)25(32)27-21-8-7-9-22(14-21)31(33)34/h7-14,16-19H,15H2,1-6H3,(H,27,32). The number of non-ortho nitro benzene ring substituents is 1. The maximum absolute atomic E-state index is 12.8. The second kappa shape index (κ2) is 12.0. The van der Waals surface area contributed by atoms with E-state index >= 15 is 0 Å². The quantitative estimate of drug-likeness (QED) is 0.185. The Morgan fingerprint density at radius 2 is 1.78 bits per heavy atom. The molecule has 1 amide bonds. The Bertz CT molecular complexity index is 1190. The molecule has 2 unspecified atom stereocenters. The molecule has 0 aliphatic rings. The summed E-state index contributed by atoms with van der Waals surface area (Å²) in [6, 6.07) is 13.9. The van der Waals surface area contributed by atoms with Crippen molar-refractivity contribution in [1.82, 2.24) is 14.8 Å². The van der Waals surface area contributed by atoms with Gasteiger partial charge >= 0.3 is 0 Å². The molecule has 0 spiro atoms. The van der Waals surface area contributed by atoms with E-state index in [0.717, 1.165) is 5.75 Å². The first kappa shape index (κ1) is 27.2. The molecular weight excluding hydrogens is 478 g/mol. The third-order valence-electron chi connectivity index (χ3n) is 5.49. The summed E-state index contributed by atoms with van der Waals surface area (Å²) < 4.78 is 8.17. The summed E-state index contributed by atoms with van der Waals surface area (Å²) in [5.74, 6) is 1.93. The maximum Gasteiger partial charge on any atom is 0.271 e. The summed E-state index contributed by atoms with van der Waals surface area (Å²) in [5.41, 5.74) is 1.53. The van der Waals surface area contributed by atoms with Crippen LogP contribution in [0.5, 0.6) is 5.75 Å². The van der Waals surface area contributed by atoms with Gasteiger partial charge in [-0.1, -0.05) is 57.7 Å². The van der Waals surface area contributed by atoms with Crippen molar-refractivity contribution in [2.45, 2.75) is 70.5 Å². The molecule has 192 valence electrons. The number of carbonyl (C=O) groups is 1. The predicted octanol–water partition coefficient (Wildman–Crippen LogP) is 6.23. The minimum absolute atomic E-state index is 0.0812. The minimum atomic E-state index is -0.507. The fourth-order valence-corrected chi connectivity index (χ4v) is 4.43. The third-order valence-corrected chi connectivity index (χ3v) is 6.57. The topological polar surface area (TPSA) is 112 Å². The molecule has 3 aromatic rings. The number of ether oxygens (including phenoxy) is 1. The number of aromatic nitrogens is 3. The highest BCUT2D eigenvalue weighted by molar-refractivity contribution is 8.00. The van der Waals surface area contributed by atoms with Crippen LogP contribution < -0.4 is 10.1 Å². The highest BCUT2D eigenvalue weighted by Gasteiger charge is 2.24. The number of amides is 1. The fourth-order valence-electron chi connectivity index (χ4n) is 3.57. The zero-order valence-corrected chi connectivity index (χ0v) is 22.3. The van der Waals surface area contributed by atoms with Gasteiger partial charge in [-0.05, 0) is 49.4 Å². The second-order valence-electron chi connectivity index (χ2n) is 9.39. The van der Waals surface area contributed by atoms with Gasteiger partial charge in [0, 0.05) is 24.4 Å². The van der Waals surface area contributed by atoms with E-state index in [0.29, 0.717) is 35.0 Å². The summed E-state index contributed by atoms with van der Waals surface area (Å²) in [4.78, 5) is 23.3. The van der Waals surface area contributed by atoms with Crippen LogP contribution in [0.15, 0.2) is 53.7 Å². The Kier molecular flexibility index (Phi) is 9.08. The highest BCUT2D eigenvalue weighted by atomic mass is 32.2. The molecule has 9 nitrogen and oxygen atoms in total. The lowest BCUT2D eigenvalue weighted by atomic mass is 10.0. The molecule has 1 N–H and O–H groups in total. The van der Waals surface area contributed by atoms with Crippen molar-refractivity contribution in [3.8, 4) is 5.75 Å². The van der Waals surface area contributed by atoms with Gasteiger partial charge in [-0.2, -0.15) is 0 Å². The van der Waals surface area contributed by atoms with Crippen LogP contribution in [0.1, 0.15) is 65.0 Å². The van der Waals surface area contributed by atoms with E-state index in [1.54, 1.807) is 13.0 Å². The van der Waals surface area contributed by atoms with Gasteiger partial charge in [0.2, 0.25) is 5.91 Å². The van der Waals surface area contributed by atoms with Crippen LogP contribution in [0.3, 0.4) is 0 Å². The minimum Gasteiger partial charge on any atom is -0.483 e. The van der Waals surface area contributed by atoms with Gasteiger partial charge in [-0.3, -0.25) is 14.9 Å². The number of hydrogen-bond donors (Lipinski definition) is 1. The van der Waals surface area contributed by atoms with E-state index in [2.05, 4.69) is 55.3 Å². The summed E-state index contributed by atoms with van der Waals surface area (Å²) in [5, 5.41) is 22.6. The van der Waals surface area contributed by atoms with E-state index in [1.165, 1.54) is 35.5 Å². The van der Waals surface area contributed by atoms with Crippen molar-refractivity contribution in [1.29, 1.82) is 0 Å². The number of nitrogens with one attached hydrogen (secondary N) is 1. The molecular formula is C26H33N5O4S. The van der Waals surface area contributed by atoms with Crippen molar-refractivity contribution in [3.05, 3.63) is 70.0 Å². The van der Waals surface area contributed by atoms with Gasteiger partial charge in [-0.15, -0.1) is 10.2 Å². The molecule has 0 aliphatic heterocycles. The van der Waals surface area contributed by atoms with Crippen molar-refractivity contribution in [2.75, 3.05) is 5.32 Å². The average Bonchev–Trinajstić information content (AvgIpc) is 3.20. The number of hydrogen-bond acceptors (Lipinski definition) is 7. The lowest BCUT2D eigenvalue weighted by molar-refractivity contribution is -0.384. The lowest BCUT2D eigenvalue weighted by Gasteiger charge is -2.19. The van der Waals surface area contributed by atoms with Crippen LogP contribution >= 0.6 is 11.8 Å². The summed E-state index contributed by atoms with van der Waals surface area (Å²) in [6.45, 7) is 12.9. The fraction of sp³-hybridized carbons (Fsp3) is 0.423. The molecule has 36 heavy (non-hydrogen) atoms. The van der Waals surface area contributed by atoms with Crippen LogP contribution in [-0.4, -0.2) is 30.8 Å². The van der Waals surface area contributed by atoms with E-state index in [9.17, 15) is 14.9 Å². The summed E-state index contributed by atoms with van der Waals surface area (Å²) >= 11 is 1.29. The van der Waals surface area contributed by atoms with E-state index in [1.807, 2.05) is 23.6 Å². The van der Waals surface area contributed by atoms with Crippen molar-refractivity contribution in [2.24, 2.45) is 5.92 Å². The zero-order valence-electron chi connectivity index (χ0n) is 21.5. The molecule has 0 aliphatic carbocycles. The van der Waals surface area contributed by atoms with Gasteiger partial charge < -0.3 is 14.6 Å². The second-order valence-corrected chi connectivity index (χ2v) is 10.7. The molecule has 3 rings (SSSR count). The van der Waals surface area contributed by atoms with Crippen molar-refractivity contribution < 1.29 is 14.5 Å². The van der Waals surface area contributed by atoms with Gasteiger partial charge in [0.25, 0.3) is 5.69 Å². The summed E-state index contributed by atoms with van der Waals surface area (Å²) in [7, 11) is 0. The lowest BCUT2D eigenvalue weighted by Crippen LogP contribution is -2.23. The number of thioether (sulfide) groups is 1. The molecule has 0 fully saturated rings. The van der Waals surface area contributed by atoms with Gasteiger partial charge in [0.1, 0.15) is 5.75 Å². The van der Waals surface area contributed by atoms with Crippen molar-refractivity contribution in [3.63, 3.8) is 0 Å². The Balaban J connectivity index is 1.74. The van der Waals surface area contributed by atoms with Crippen LogP contribution in [0.25, 0.3) is 0 Å². The Morgan fingerprint density at radius 3 is 2.39 bits per heavy atom. The Morgan fingerprint density at radius 1 is 1.08 bits per heavy atom. The molecule has 1 aromatic heterocycles. The first-order valence-corrected chi connectivity index (χ1v) is 12.8. The van der Waals surface area contributed by atoms with Crippen LogP contribution in [-0.2, 0) is 11.3 Å². The Hall–Kier alpha value is -3.40. The van der Waals surface area contributed by atoms with Gasteiger partial charge in [-0.25, -0.2) is 0 Å². The predicted molar refractivity (Wildman–Crippen MR) is 141 cm³/mol. The average molecular weight is 512 g/mol. The first-order chi connectivity index (χ1) is 17.0. The zero-order chi connectivity index (χ0) is 26.4. The molecule has 10 heteroatoms. The molecule has 0 radical (unpaired) electrons. The Labute approximate surface area is 215 Å². The SMILES string of the molecule is CC(C)Cn1c(SC(C)C(=O)Nc2cccc([N+](=O)[O-])c2)nnc1C(C)Oc1ccc(C(C)C)cc1. The molecule has 0 saturated carbocycles.